The molecule has 0 aromatic heterocycles. The average Bonchev–Trinajstić information content (AvgIpc) is 2.14. The maximum atomic E-state index is 12.1. The third kappa shape index (κ3) is 5.93. The van der Waals surface area contributed by atoms with Crippen molar-refractivity contribution in [3.8, 4) is 5.75 Å². The molecular formula is C11H14BrClF3NO. The van der Waals surface area contributed by atoms with Gasteiger partial charge in [0.2, 0.25) is 0 Å². The molecule has 0 fully saturated rings. The van der Waals surface area contributed by atoms with Crippen LogP contribution in [0.5, 0.6) is 5.75 Å². The SMILES string of the molecule is CCC[C@H](N)c1cc(Br)cc(OC(F)(F)F)c1.Cl. The second-order valence-corrected chi connectivity index (χ2v) is 4.58. The Labute approximate surface area is 118 Å². The van der Waals surface area contributed by atoms with Gasteiger partial charge >= 0.3 is 6.36 Å². The topological polar surface area (TPSA) is 35.2 Å². The Hall–Kier alpha value is -0.460. The van der Waals surface area contributed by atoms with Crippen LogP contribution in [0.15, 0.2) is 22.7 Å². The van der Waals surface area contributed by atoms with Crippen LogP contribution in [-0.4, -0.2) is 6.36 Å². The number of nitrogens with two attached hydrogens (primary N) is 1. The van der Waals surface area contributed by atoms with Crippen LogP contribution >= 0.6 is 28.3 Å². The van der Waals surface area contributed by atoms with E-state index in [1.165, 1.54) is 12.1 Å². The molecule has 1 atom stereocenters. The molecule has 0 aliphatic rings. The number of ether oxygens (including phenoxy) is 1. The van der Waals surface area contributed by atoms with Gasteiger partial charge in [0.1, 0.15) is 5.75 Å². The first-order chi connectivity index (χ1) is 7.81. The van der Waals surface area contributed by atoms with Crippen molar-refractivity contribution in [2.75, 3.05) is 0 Å². The molecule has 0 bridgehead atoms. The molecular weight excluding hydrogens is 334 g/mol. The number of alkyl halides is 3. The maximum absolute atomic E-state index is 12.1. The molecule has 0 saturated carbocycles. The summed E-state index contributed by atoms with van der Waals surface area (Å²) in [5.41, 5.74) is 6.47. The Kier molecular flexibility index (Phi) is 7.02. The third-order valence-electron chi connectivity index (χ3n) is 2.16. The normalized spacial score (nSPS) is 12.8. The predicted molar refractivity (Wildman–Crippen MR) is 69.9 cm³/mol. The zero-order valence-corrected chi connectivity index (χ0v) is 12.0. The van der Waals surface area contributed by atoms with Crippen molar-refractivity contribution in [3.63, 3.8) is 0 Å². The van der Waals surface area contributed by atoms with E-state index < -0.39 is 6.36 Å². The highest BCUT2D eigenvalue weighted by Crippen LogP contribution is 2.29. The Morgan fingerprint density at radius 2 is 1.94 bits per heavy atom. The summed E-state index contributed by atoms with van der Waals surface area (Å²) in [5.74, 6) is -0.256. The Balaban J connectivity index is 0.00000289. The van der Waals surface area contributed by atoms with Gasteiger partial charge in [-0.3, -0.25) is 0 Å². The lowest BCUT2D eigenvalue weighted by Crippen LogP contribution is -2.18. The van der Waals surface area contributed by atoms with Crippen molar-refractivity contribution in [1.29, 1.82) is 0 Å². The molecule has 0 amide bonds. The highest BCUT2D eigenvalue weighted by molar-refractivity contribution is 9.10. The number of rotatable bonds is 4. The summed E-state index contributed by atoms with van der Waals surface area (Å²) in [6.45, 7) is 1.96. The van der Waals surface area contributed by atoms with E-state index in [1.807, 2.05) is 6.92 Å². The predicted octanol–water partition coefficient (Wildman–Crippen LogP) is 4.57. The van der Waals surface area contributed by atoms with Crippen LogP contribution in [0.25, 0.3) is 0 Å². The van der Waals surface area contributed by atoms with E-state index in [0.717, 1.165) is 6.42 Å². The Bertz CT molecular complexity index is 387. The first-order valence-electron chi connectivity index (χ1n) is 5.13. The molecule has 0 aliphatic carbocycles. The zero-order valence-electron chi connectivity index (χ0n) is 9.63. The van der Waals surface area contributed by atoms with E-state index in [-0.39, 0.29) is 24.2 Å². The fraction of sp³-hybridized carbons (Fsp3) is 0.455. The van der Waals surface area contributed by atoms with Crippen LogP contribution in [-0.2, 0) is 0 Å². The number of hydrogen-bond acceptors (Lipinski definition) is 2. The first kappa shape index (κ1) is 17.5. The fourth-order valence-electron chi connectivity index (χ4n) is 1.47. The van der Waals surface area contributed by atoms with Gasteiger partial charge in [0.05, 0.1) is 0 Å². The molecule has 18 heavy (non-hydrogen) atoms. The smallest absolute Gasteiger partial charge is 0.406 e. The molecule has 1 aromatic rings. The van der Waals surface area contributed by atoms with Gasteiger partial charge in [-0.05, 0) is 30.2 Å². The second kappa shape index (κ2) is 7.21. The van der Waals surface area contributed by atoms with E-state index in [0.29, 0.717) is 16.5 Å². The minimum atomic E-state index is -4.69. The summed E-state index contributed by atoms with van der Waals surface area (Å²) < 4.78 is 40.6. The van der Waals surface area contributed by atoms with E-state index in [9.17, 15) is 13.2 Å². The Morgan fingerprint density at radius 3 is 2.44 bits per heavy atom. The van der Waals surface area contributed by atoms with Crippen molar-refractivity contribution in [2.45, 2.75) is 32.2 Å². The summed E-state index contributed by atoms with van der Waals surface area (Å²) in [4.78, 5) is 0. The lowest BCUT2D eigenvalue weighted by Gasteiger charge is -2.14. The van der Waals surface area contributed by atoms with Crippen molar-refractivity contribution in [2.24, 2.45) is 5.73 Å². The molecule has 0 heterocycles. The third-order valence-corrected chi connectivity index (χ3v) is 2.61. The van der Waals surface area contributed by atoms with Crippen LogP contribution < -0.4 is 10.5 Å². The molecule has 104 valence electrons. The van der Waals surface area contributed by atoms with Gasteiger partial charge in [0, 0.05) is 10.5 Å². The molecule has 1 rings (SSSR count). The van der Waals surface area contributed by atoms with Crippen molar-refractivity contribution in [1.82, 2.24) is 0 Å². The molecule has 0 saturated heterocycles. The highest BCUT2D eigenvalue weighted by atomic mass is 79.9. The number of hydrogen-bond donors (Lipinski definition) is 1. The van der Waals surface area contributed by atoms with Gasteiger partial charge in [-0.25, -0.2) is 0 Å². The van der Waals surface area contributed by atoms with Gasteiger partial charge in [0.25, 0.3) is 0 Å². The zero-order chi connectivity index (χ0) is 13.1. The van der Waals surface area contributed by atoms with Gasteiger partial charge in [-0.1, -0.05) is 29.3 Å². The summed E-state index contributed by atoms with van der Waals surface area (Å²) >= 11 is 3.14. The van der Waals surface area contributed by atoms with Crippen molar-refractivity contribution < 1.29 is 17.9 Å². The van der Waals surface area contributed by atoms with E-state index in [2.05, 4.69) is 20.7 Å². The lowest BCUT2D eigenvalue weighted by molar-refractivity contribution is -0.274. The van der Waals surface area contributed by atoms with E-state index >= 15 is 0 Å². The standard InChI is InChI=1S/C11H13BrF3NO.ClH/c1-2-3-10(16)7-4-8(12)6-9(5-7)17-11(13,14)15;/h4-6,10H,2-3,16H2,1H3;1H/t10-;/m0./s1. The van der Waals surface area contributed by atoms with Crippen molar-refractivity contribution >= 4 is 28.3 Å². The van der Waals surface area contributed by atoms with Crippen molar-refractivity contribution in [3.05, 3.63) is 28.2 Å². The minimum Gasteiger partial charge on any atom is -0.406 e. The van der Waals surface area contributed by atoms with Crippen LogP contribution in [0.2, 0.25) is 0 Å². The number of halogens is 5. The van der Waals surface area contributed by atoms with Gasteiger partial charge < -0.3 is 10.5 Å². The molecule has 0 unspecified atom stereocenters. The van der Waals surface area contributed by atoms with Crippen LogP contribution in [0, 0.1) is 0 Å². The van der Waals surface area contributed by atoms with Gasteiger partial charge in [-0.15, -0.1) is 25.6 Å². The van der Waals surface area contributed by atoms with Crippen LogP contribution in [0.4, 0.5) is 13.2 Å². The van der Waals surface area contributed by atoms with E-state index in [4.69, 9.17) is 5.73 Å². The molecule has 2 N–H and O–H groups in total. The molecule has 0 spiro atoms. The molecule has 1 aromatic carbocycles. The van der Waals surface area contributed by atoms with Crippen LogP contribution in [0.1, 0.15) is 31.4 Å². The quantitative estimate of drug-likeness (QED) is 0.865. The molecule has 2 nitrogen and oxygen atoms in total. The largest absolute Gasteiger partial charge is 0.573 e. The number of benzene rings is 1. The molecule has 7 heteroatoms. The second-order valence-electron chi connectivity index (χ2n) is 3.66. The average molecular weight is 349 g/mol. The highest BCUT2D eigenvalue weighted by Gasteiger charge is 2.31. The maximum Gasteiger partial charge on any atom is 0.573 e. The first-order valence-corrected chi connectivity index (χ1v) is 5.93. The fourth-order valence-corrected chi connectivity index (χ4v) is 1.96. The summed E-state index contributed by atoms with van der Waals surface area (Å²) in [7, 11) is 0. The van der Waals surface area contributed by atoms with Crippen LogP contribution in [0.3, 0.4) is 0 Å². The molecule has 0 aliphatic heterocycles. The molecule has 0 radical (unpaired) electrons. The van der Waals surface area contributed by atoms with Gasteiger partial charge in [-0.2, -0.15) is 0 Å². The van der Waals surface area contributed by atoms with E-state index in [1.54, 1.807) is 6.07 Å². The monoisotopic (exact) mass is 347 g/mol. The minimum absolute atomic E-state index is 0. The lowest BCUT2D eigenvalue weighted by atomic mass is 10.0. The Morgan fingerprint density at radius 1 is 1.33 bits per heavy atom. The summed E-state index contributed by atoms with van der Waals surface area (Å²) in [6.07, 6.45) is -3.11. The van der Waals surface area contributed by atoms with Gasteiger partial charge in [0.15, 0.2) is 0 Å². The summed E-state index contributed by atoms with van der Waals surface area (Å²) in [5, 5.41) is 0. The summed E-state index contributed by atoms with van der Waals surface area (Å²) in [6, 6.07) is 3.99.